The van der Waals surface area contributed by atoms with Gasteiger partial charge in [-0.1, -0.05) is 51.1 Å². The highest BCUT2D eigenvalue weighted by atomic mass is 16.5. The maximum atomic E-state index is 5.31. The van der Waals surface area contributed by atoms with E-state index in [1.807, 2.05) is 37.3 Å². The van der Waals surface area contributed by atoms with E-state index < -0.39 is 0 Å². The van der Waals surface area contributed by atoms with Crippen molar-refractivity contribution < 1.29 is 4.74 Å². The normalized spacial score (nSPS) is 11.6. The van der Waals surface area contributed by atoms with Crippen LogP contribution in [0.5, 0.6) is 5.75 Å². The summed E-state index contributed by atoms with van der Waals surface area (Å²) in [6, 6.07) is 18.1. The third-order valence-corrected chi connectivity index (χ3v) is 4.79. The first-order valence-electron chi connectivity index (χ1n) is 9.60. The van der Waals surface area contributed by atoms with Crippen LogP contribution >= 0.6 is 0 Å². The summed E-state index contributed by atoms with van der Waals surface area (Å²) >= 11 is 0. The van der Waals surface area contributed by atoms with Crippen LogP contribution in [-0.4, -0.2) is 26.7 Å². The van der Waals surface area contributed by atoms with Gasteiger partial charge in [-0.3, -0.25) is 0 Å². The Hall–Kier alpha value is -3.41. The Morgan fingerprint density at radius 1 is 0.966 bits per heavy atom. The maximum Gasteiger partial charge on any atom is 0.254 e. The number of ether oxygens (including phenoxy) is 1. The van der Waals surface area contributed by atoms with Crippen LogP contribution in [0.25, 0.3) is 17.2 Å². The van der Waals surface area contributed by atoms with Crippen molar-refractivity contribution in [1.82, 2.24) is 19.6 Å². The highest BCUT2D eigenvalue weighted by molar-refractivity contribution is 5.63. The molecule has 0 radical (unpaired) electrons. The first kappa shape index (κ1) is 18.9. The molecule has 2 aromatic carbocycles. The van der Waals surface area contributed by atoms with Crippen molar-refractivity contribution in [2.24, 2.45) is 0 Å². The highest BCUT2D eigenvalue weighted by Gasteiger charge is 2.15. The van der Waals surface area contributed by atoms with Gasteiger partial charge in [-0.15, -0.1) is 5.10 Å². The molecule has 6 nitrogen and oxygen atoms in total. The van der Waals surface area contributed by atoms with Crippen LogP contribution in [0, 0.1) is 6.92 Å². The monoisotopic (exact) mass is 387 g/mol. The molecule has 0 bridgehead atoms. The minimum Gasteiger partial charge on any atom is -0.497 e. The number of rotatable bonds is 4. The smallest absolute Gasteiger partial charge is 0.254 e. The number of nitrogens with zero attached hydrogens (tertiary/aromatic N) is 4. The summed E-state index contributed by atoms with van der Waals surface area (Å²) < 4.78 is 7.05. The molecule has 4 aromatic rings. The molecule has 0 atom stereocenters. The van der Waals surface area contributed by atoms with Crippen molar-refractivity contribution in [1.29, 1.82) is 0 Å². The fourth-order valence-corrected chi connectivity index (χ4v) is 3.17. The first-order valence-corrected chi connectivity index (χ1v) is 9.60. The third kappa shape index (κ3) is 3.92. The fourth-order valence-electron chi connectivity index (χ4n) is 3.17. The van der Waals surface area contributed by atoms with Gasteiger partial charge in [0.15, 0.2) is 5.82 Å². The number of nitrogens with one attached hydrogen (secondary N) is 1. The van der Waals surface area contributed by atoms with Gasteiger partial charge in [0.05, 0.1) is 7.11 Å². The molecule has 0 saturated carbocycles. The predicted molar refractivity (Wildman–Crippen MR) is 116 cm³/mol. The van der Waals surface area contributed by atoms with E-state index in [1.54, 1.807) is 11.6 Å². The van der Waals surface area contributed by atoms with Gasteiger partial charge in [-0.2, -0.15) is 9.50 Å². The average Bonchev–Trinajstić information content (AvgIpc) is 3.12. The zero-order chi connectivity index (χ0) is 20.6. The predicted octanol–water partition coefficient (Wildman–Crippen LogP) is 5.15. The van der Waals surface area contributed by atoms with Gasteiger partial charge in [-0.25, -0.2) is 4.98 Å². The van der Waals surface area contributed by atoms with E-state index in [4.69, 9.17) is 9.84 Å². The summed E-state index contributed by atoms with van der Waals surface area (Å²) in [4.78, 5) is 9.19. The summed E-state index contributed by atoms with van der Waals surface area (Å²) in [5, 5.41) is 8.10. The molecule has 0 aliphatic heterocycles. The zero-order valence-corrected chi connectivity index (χ0v) is 17.4. The van der Waals surface area contributed by atoms with Crippen LogP contribution in [0.3, 0.4) is 0 Å². The quantitative estimate of drug-likeness (QED) is 0.525. The molecular formula is C23H25N5O. The van der Waals surface area contributed by atoms with E-state index in [9.17, 15) is 0 Å². The Labute approximate surface area is 170 Å². The number of aryl methyl sites for hydroxylation is 1. The fraction of sp³-hybridized carbons (Fsp3) is 0.261. The molecule has 0 unspecified atom stereocenters. The molecule has 0 amide bonds. The third-order valence-electron chi connectivity index (χ3n) is 4.79. The van der Waals surface area contributed by atoms with Crippen LogP contribution < -0.4 is 10.1 Å². The van der Waals surface area contributed by atoms with Gasteiger partial charge < -0.3 is 10.1 Å². The second kappa shape index (κ2) is 7.20. The number of anilines is 2. The van der Waals surface area contributed by atoms with Gasteiger partial charge in [0.25, 0.3) is 5.78 Å². The summed E-state index contributed by atoms with van der Waals surface area (Å²) in [6.45, 7) is 8.56. The molecular weight excluding hydrogens is 362 g/mol. The molecule has 29 heavy (non-hydrogen) atoms. The second-order valence-electron chi connectivity index (χ2n) is 8.11. The van der Waals surface area contributed by atoms with Gasteiger partial charge >= 0.3 is 0 Å². The number of hydrogen-bond acceptors (Lipinski definition) is 5. The first-order chi connectivity index (χ1) is 13.8. The second-order valence-corrected chi connectivity index (χ2v) is 8.11. The zero-order valence-electron chi connectivity index (χ0n) is 17.4. The van der Waals surface area contributed by atoms with Crippen molar-refractivity contribution in [3.05, 3.63) is 65.9 Å². The molecule has 6 heteroatoms. The summed E-state index contributed by atoms with van der Waals surface area (Å²) in [6.07, 6.45) is 0. The lowest BCUT2D eigenvalue weighted by Gasteiger charge is -2.18. The summed E-state index contributed by atoms with van der Waals surface area (Å²) in [5.74, 6) is 2.79. The van der Waals surface area contributed by atoms with E-state index in [-0.39, 0.29) is 5.41 Å². The molecule has 0 spiro atoms. The minimum atomic E-state index is 0.109. The number of methoxy groups -OCH3 is 1. The van der Waals surface area contributed by atoms with Gasteiger partial charge in [0.1, 0.15) is 11.6 Å². The molecule has 0 aliphatic carbocycles. The molecule has 0 aliphatic rings. The molecule has 148 valence electrons. The maximum absolute atomic E-state index is 5.31. The highest BCUT2D eigenvalue weighted by Crippen LogP contribution is 2.26. The van der Waals surface area contributed by atoms with E-state index in [2.05, 4.69) is 60.3 Å². The van der Waals surface area contributed by atoms with Crippen LogP contribution in [0.15, 0.2) is 54.6 Å². The van der Waals surface area contributed by atoms with Crippen molar-refractivity contribution in [3.8, 4) is 17.1 Å². The molecule has 2 aromatic heterocycles. The van der Waals surface area contributed by atoms with Crippen LogP contribution in [0.4, 0.5) is 11.5 Å². The van der Waals surface area contributed by atoms with Crippen LogP contribution in [-0.2, 0) is 5.41 Å². The van der Waals surface area contributed by atoms with E-state index >= 15 is 0 Å². The lowest BCUT2D eigenvalue weighted by atomic mass is 9.87. The van der Waals surface area contributed by atoms with Crippen LogP contribution in [0.2, 0.25) is 0 Å². The van der Waals surface area contributed by atoms with Crippen molar-refractivity contribution in [2.75, 3.05) is 12.4 Å². The van der Waals surface area contributed by atoms with Crippen molar-refractivity contribution >= 4 is 17.3 Å². The number of hydrogen-bond donors (Lipinski definition) is 1. The topological polar surface area (TPSA) is 64.3 Å². The Bertz CT molecular complexity index is 1160. The van der Waals surface area contributed by atoms with E-state index in [1.165, 1.54) is 5.56 Å². The lowest BCUT2D eigenvalue weighted by molar-refractivity contribution is 0.415. The average molecular weight is 387 g/mol. The van der Waals surface area contributed by atoms with Gasteiger partial charge in [0, 0.05) is 29.1 Å². The Balaban J connectivity index is 1.73. The molecule has 4 rings (SSSR count). The van der Waals surface area contributed by atoms with Gasteiger partial charge in [-0.05, 0) is 30.0 Å². The van der Waals surface area contributed by atoms with Gasteiger partial charge in [0.2, 0.25) is 0 Å². The number of benzene rings is 2. The minimum absolute atomic E-state index is 0.109. The summed E-state index contributed by atoms with van der Waals surface area (Å²) in [5.41, 5.74) is 4.12. The lowest BCUT2D eigenvalue weighted by Crippen LogP contribution is -2.10. The van der Waals surface area contributed by atoms with Crippen molar-refractivity contribution in [2.45, 2.75) is 33.1 Å². The summed E-state index contributed by atoms with van der Waals surface area (Å²) in [7, 11) is 1.66. The SMILES string of the molecule is COc1cccc(Nc2cc(C)nc3nc(-c4ccc(C(C)(C)C)cc4)nn23)c1. The Morgan fingerprint density at radius 3 is 2.41 bits per heavy atom. The van der Waals surface area contributed by atoms with Crippen molar-refractivity contribution in [3.63, 3.8) is 0 Å². The number of aromatic nitrogens is 4. The molecule has 2 heterocycles. The van der Waals surface area contributed by atoms with E-state index in [0.29, 0.717) is 11.6 Å². The largest absolute Gasteiger partial charge is 0.497 e. The Morgan fingerprint density at radius 2 is 1.72 bits per heavy atom. The van der Waals surface area contributed by atoms with E-state index in [0.717, 1.165) is 28.5 Å². The standard InChI is InChI=1S/C23H25N5O/c1-15-13-20(25-18-7-6-8-19(14-18)29-5)28-22(24-15)26-21(27-28)16-9-11-17(12-10-16)23(2,3)4/h6-14,25H,1-5H3. The van der Waals surface area contributed by atoms with Crippen LogP contribution in [0.1, 0.15) is 32.0 Å². The Kier molecular flexibility index (Phi) is 4.70. The molecule has 0 saturated heterocycles. The number of fused-ring (bicyclic) bond motifs is 1. The molecule has 1 N–H and O–H groups in total. The molecule has 0 fully saturated rings.